The molecule has 5 N–H and O–H groups in total. The van der Waals surface area contributed by atoms with Crippen molar-refractivity contribution in [3.05, 3.63) is 75.8 Å². The number of amides is 3. The molecule has 0 saturated carbocycles. The van der Waals surface area contributed by atoms with Crippen LogP contribution >= 0.6 is 0 Å². The number of aliphatic hydroxyl groups is 1. The van der Waals surface area contributed by atoms with Crippen LogP contribution in [-0.4, -0.2) is 46.6 Å². The molecule has 0 saturated heterocycles. The molecule has 2 rings (SSSR count). The number of carbonyl (C=O) groups excluding carboxylic acids is 3. The van der Waals surface area contributed by atoms with Crippen LogP contribution in [0.5, 0.6) is 0 Å². The Balaban J connectivity index is 1.80. The predicted molar refractivity (Wildman–Crippen MR) is 113 cm³/mol. The Hall–Kier alpha value is -3.99. The number of hydrogen-bond acceptors (Lipinski definition) is 7. The lowest BCUT2D eigenvalue weighted by Gasteiger charge is -2.17. The molecule has 0 fully saturated rings. The summed E-state index contributed by atoms with van der Waals surface area (Å²) in [6.07, 6.45) is -2.63. The molecule has 0 radical (unpaired) electrons. The molecule has 0 heterocycles. The highest BCUT2D eigenvalue weighted by molar-refractivity contribution is 5.87. The van der Waals surface area contributed by atoms with Crippen molar-refractivity contribution in [3.63, 3.8) is 0 Å². The average molecular weight is 444 g/mol. The first-order chi connectivity index (χ1) is 15.3. The first-order valence-corrected chi connectivity index (χ1v) is 9.70. The smallest absolute Gasteiger partial charge is 0.407 e. The van der Waals surface area contributed by atoms with Crippen LogP contribution in [0.2, 0.25) is 0 Å². The second kappa shape index (κ2) is 12.0. The molecular weight excluding hydrogens is 420 g/mol. The highest BCUT2D eigenvalue weighted by Gasteiger charge is 2.24. The summed E-state index contributed by atoms with van der Waals surface area (Å²) >= 11 is 0. The van der Waals surface area contributed by atoms with Crippen LogP contribution in [0, 0.1) is 10.1 Å². The zero-order chi connectivity index (χ0) is 23.5. The van der Waals surface area contributed by atoms with Gasteiger partial charge in [-0.1, -0.05) is 48.5 Å². The number of rotatable bonds is 11. The van der Waals surface area contributed by atoms with E-state index in [1.807, 2.05) is 6.07 Å². The summed E-state index contributed by atoms with van der Waals surface area (Å²) in [5.41, 5.74) is 6.12. The molecule has 0 aromatic heterocycles. The van der Waals surface area contributed by atoms with E-state index < -0.39 is 41.4 Å². The van der Waals surface area contributed by atoms with Crippen molar-refractivity contribution in [1.82, 2.24) is 10.6 Å². The van der Waals surface area contributed by atoms with Crippen LogP contribution in [0.4, 0.5) is 10.5 Å². The Bertz CT molecular complexity index is 952. The van der Waals surface area contributed by atoms with E-state index >= 15 is 0 Å². The minimum Gasteiger partial charge on any atom is -0.445 e. The molecule has 0 aliphatic carbocycles. The average Bonchev–Trinajstić information content (AvgIpc) is 2.76. The van der Waals surface area contributed by atoms with Crippen LogP contribution in [0.1, 0.15) is 17.5 Å². The number of nitrogens with one attached hydrogen (secondary N) is 2. The number of nitro groups is 1. The molecule has 11 heteroatoms. The van der Waals surface area contributed by atoms with Gasteiger partial charge in [-0.15, -0.1) is 0 Å². The Morgan fingerprint density at radius 1 is 1.09 bits per heavy atom. The highest BCUT2D eigenvalue weighted by Crippen LogP contribution is 2.19. The summed E-state index contributed by atoms with van der Waals surface area (Å²) in [5.74, 6) is -1.59. The van der Waals surface area contributed by atoms with E-state index in [9.17, 15) is 29.6 Å². The van der Waals surface area contributed by atoms with Crippen molar-refractivity contribution < 1.29 is 29.2 Å². The SMILES string of the molecule is NC(=O)[C@@H](Cc1ccccc1[N+](=O)[O-])NC(=O)C[C@H](O)CNC(=O)OCc1ccccc1. The van der Waals surface area contributed by atoms with Gasteiger partial charge in [-0.25, -0.2) is 4.79 Å². The van der Waals surface area contributed by atoms with Gasteiger partial charge < -0.3 is 26.2 Å². The number of aliphatic hydroxyl groups excluding tert-OH is 1. The summed E-state index contributed by atoms with van der Waals surface area (Å²) in [6.45, 7) is -0.207. The molecule has 2 aromatic rings. The van der Waals surface area contributed by atoms with Crippen LogP contribution in [-0.2, 0) is 27.4 Å². The fourth-order valence-corrected chi connectivity index (χ4v) is 2.82. The maximum absolute atomic E-state index is 12.2. The maximum atomic E-state index is 12.2. The van der Waals surface area contributed by atoms with E-state index in [0.29, 0.717) is 0 Å². The lowest BCUT2D eigenvalue weighted by Crippen LogP contribution is -2.47. The number of nitrogens with zero attached hydrogens (tertiary/aromatic N) is 1. The zero-order valence-electron chi connectivity index (χ0n) is 17.1. The van der Waals surface area contributed by atoms with Crippen molar-refractivity contribution >= 4 is 23.6 Å². The van der Waals surface area contributed by atoms with Gasteiger partial charge in [0.25, 0.3) is 5.69 Å². The van der Waals surface area contributed by atoms with E-state index in [0.717, 1.165) is 5.56 Å². The van der Waals surface area contributed by atoms with Gasteiger partial charge in [0.05, 0.1) is 17.4 Å². The zero-order valence-corrected chi connectivity index (χ0v) is 17.1. The van der Waals surface area contributed by atoms with E-state index in [-0.39, 0.29) is 30.8 Å². The summed E-state index contributed by atoms with van der Waals surface area (Å²) in [6, 6.07) is 13.6. The second-order valence-corrected chi connectivity index (χ2v) is 6.91. The van der Waals surface area contributed by atoms with E-state index in [1.54, 1.807) is 30.3 Å². The van der Waals surface area contributed by atoms with Gasteiger partial charge in [-0.2, -0.15) is 0 Å². The summed E-state index contributed by atoms with van der Waals surface area (Å²) in [4.78, 5) is 46.1. The van der Waals surface area contributed by atoms with E-state index in [1.165, 1.54) is 18.2 Å². The number of nitro benzene ring substituents is 1. The largest absolute Gasteiger partial charge is 0.445 e. The molecule has 0 aliphatic rings. The molecule has 0 unspecified atom stereocenters. The van der Waals surface area contributed by atoms with Crippen LogP contribution in [0.3, 0.4) is 0 Å². The molecule has 3 amide bonds. The predicted octanol–water partition coefficient (Wildman–Crippen LogP) is 0.785. The Labute approximate surface area is 183 Å². The van der Waals surface area contributed by atoms with Crippen molar-refractivity contribution in [2.75, 3.05) is 6.54 Å². The van der Waals surface area contributed by atoms with Gasteiger partial charge in [0, 0.05) is 24.6 Å². The van der Waals surface area contributed by atoms with Crippen molar-refractivity contribution in [2.45, 2.75) is 31.6 Å². The third-order valence-corrected chi connectivity index (χ3v) is 4.41. The molecule has 170 valence electrons. The van der Waals surface area contributed by atoms with Crippen molar-refractivity contribution in [2.24, 2.45) is 5.73 Å². The van der Waals surface area contributed by atoms with Crippen LogP contribution in [0.15, 0.2) is 54.6 Å². The van der Waals surface area contributed by atoms with Crippen LogP contribution in [0.25, 0.3) is 0 Å². The first kappa shape index (κ1) is 24.3. The Morgan fingerprint density at radius 2 is 1.75 bits per heavy atom. The fourth-order valence-electron chi connectivity index (χ4n) is 2.82. The lowest BCUT2D eigenvalue weighted by molar-refractivity contribution is -0.385. The Morgan fingerprint density at radius 3 is 2.41 bits per heavy atom. The molecule has 11 nitrogen and oxygen atoms in total. The van der Waals surface area contributed by atoms with Gasteiger partial charge in [0.2, 0.25) is 11.8 Å². The standard InChI is InChI=1S/C21H24N4O7/c22-20(28)17(10-15-8-4-5-9-18(15)25(30)31)24-19(27)11-16(26)12-23-21(29)32-13-14-6-2-1-3-7-14/h1-9,16-17,26H,10-13H2,(H2,22,28)(H,23,29)(H,24,27)/t16-,17+/m0/s1. The van der Waals surface area contributed by atoms with Gasteiger partial charge >= 0.3 is 6.09 Å². The van der Waals surface area contributed by atoms with Crippen LogP contribution < -0.4 is 16.4 Å². The van der Waals surface area contributed by atoms with Gasteiger partial charge in [-0.3, -0.25) is 19.7 Å². The topological polar surface area (TPSA) is 174 Å². The van der Waals surface area contributed by atoms with Gasteiger partial charge in [-0.05, 0) is 5.56 Å². The number of ether oxygens (including phenoxy) is 1. The number of benzene rings is 2. The lowest BCUT2D eigenvalue weighted by atomic mass is 10.0. The summed E-state index contributed by atoms with van der Waals surface area (Å²) in [7, 11) is 0. The van der Waals surface area contributed by atoms with Gasteiger partial charge in [0.1, 0.15) is 12.6 Å². The minimum absolute atomic E-state index is 0.0508. The number of carbonyl (C=O) groups is 3. The first-order valence-electron chi connectivity index (χ1n) is 9.70. The van der Waals surface area contributed by atoms with E-state index in [4.69, 9.17) is 10.5 Å². The van der Waals surface area contributed by atoms with Gasteiger partial charge in [0.15, 0.2) is 0 Å². The third-order valence-electron chi connectivity index (χ3n) is 4.41. The monoisotopic (exact) mass is 444 g/mol. The molecule has 32 heavy (non-hydrogen) atoms. The Kier molecular flexibility index (Phi) is 9.11. The van der Waals surface area contributed by atoms with Crippen molar-refractivity contribution in [3.8, 4) is 0 Å². The molecule has 0 aliphatic heterocycles. The van der Waals surface area contributed by atoms with E-state index in [2.05, 4.69) is 10.6 Å². The molecule has 0 spiro atoms. The van der Waals surface area contributed by atoms with Crippen molar-refractivity contribution in [1.29, 1.82) is 0 Å². The summed E-state index contributed by atoms with van der Waals surface area (Å²) < 4.78 is 5.00. The molecule has 0 bridgehead atoms. The number of hydrogen-bond donors (Lipinski definition) is 4. The minimum atomic E-state index is -1.25. The number of alkyl carbamates (subject to hydrolysis) is 1. The fraction of sp³-hybridized carbons (Fsp3) is 0.286. The number of primary amides is 1. The molecular formula is C21H24N4O7. The summed E-state index contributed by atoms with van der Waals surface area (Å²) in [5, 5.41) is 25.8. The second-order valence-electron chi connectivity index (χ2n) is 6.91. The number of para-hydroxylation sites is 1. The maximum Gasteiger partial charge on any atom is 0.407 e. The highest BCUT2D eigenvalue weighted by atomic mass is 16.6. The molecule has 2 aromatic carbocycles. The normalized spacial score (nSPS) is 12.3. The quantitative estimate of drug-likeness (QED) is 0.293. The third kappa shape index (κ3) is 8.03. The molecule has 2 atom stereocenters. The number of nitrogens with two attached hydrogens (primary N) is 1.